The summed E-state index contributed by atoms with van der Waals surface area (Å²) in [5.74, 6) is -3.98. The van der Waals surface area contributed by atoms with E-state index in [0.29, 0.717) is 11.8 Å². The minimum atomic E-state index is -1.11. The van der Waals surface area contributed by atoms with Crippen LogP contribution in [0.25, 0.3) is 0 Å². The molecule has 5 nitrogen and oxygen atoms in total. The van der Waals surface area contributed by atoms with E-state index in [2.05, 4.69) is 5.32 Å². The third-order valence-electron chi connectivity index (χ3n) is 3.95. The van der Waals surface area contributed by atoms with Crippen molar-refractivity contribution in [2.45, 2.75) is 6.67 Å². The number of benzene rings is 3. The standard InChI is InChI=1S/C21H14F3NO4/c22-11-12-1-7-16(19(9-12)29-18-8-4-14(23)10-17(18)24)20(26)25-15-5-2-13(3-6-15)21(27)28/h1-10H,11H2,(H,25,26)(H,27,28). The van der Waals surface area contributed by atoms with Crippen molar-refractivity contribution in [1.29, 1.82) is 0 Å². The zero-order valence-electron chi connectivity index (χ0n) is 14.8. The summed E-state index contributed by atoms with van der Waals surface area (Å²) in [7, 11) is 0. The molecule has 3 aromatic carbocycles. The highest BCUT2D eigenvalue weighted by atomic mass is 19.1. The van der Waals surface area contributed by atoms with Crippen molar-refractivity contribution in [3.63, 3.8) is 0 Å². The second-order valence-electron chi connectivity index (χ2n) is 5.98. The largest absolute Gasteiger partial charge is 0.478 e. The third kappa shape index (κ3) is 4.73. The summed E-state index contributed by atoms with van der Waals surface area (Å²) in [5.41, 5.74) is 0.540. The average molecular weight is 401 g/mol. The molecule has 0 radical (unpaired) electrons. The van der Waals surface area contributed by atoms with Crippen LogP contribution >= 0.6 is 0 Å². The average Bonchev–Trinajstić information content (AvgIpc) is 2.70. The molecule has 3 rings (SSSR count). The highest BCUT2D eigenvalue weighted by Gasteiger charge is 2.17. The van der Waals surface area contributed by atoms with Crippen molar-refractivity contribution in [2.75, 3.05) is 5.32 Å². The molecule has 1 amide bonds. The molecule has 29 heavy (non-hydrogen) atoms. The van der Waals surface area contributed by atoms with Gasteiger partial charge in [-0.2, -0.15) is 0 Å². The molecule has 0 aliphatic carbocycles. The van der Waals surface area contributed by atoms with E-state index in [1.165, 1.54) is 42.5 Å². The van der Waals surface area contributed by atoms with Crippen LogP contribution in [-0.2, 0) is 6.67 Å². The first kappa shape index (κ1) is 19.9. The van der Waals surface area contributed by atoms with Crippen molar-refractivity contribution in [3.8, 4) is 11.5 Å². The van der Waals surface area contributed by atoms with Gasteiger partial charge in [-0.05, 0) is 54.1 Å². The number of hydrogen-bond acceptors (Lipinski definition) is 3. The molecule has 0 saturated heterocycles. The Bertz CT molecular complexity index is 1070. The minimum absolute atomic E-state index is 0.0202. The monoisotopic (exact) mass is 401 g/mol. The van der Waals surface area contributed by atoms with Gasteiger partial charge >= 0.3 is 5.97 Å². The zero-order valence-corrected chi connectivity index (χ0v) is 14.8. The summed E-state index contributed by atoms with van der Waals surface area (Å²) in [6, 6.07) is 12.0. The van der Waals surface area contributed by atoms with Crippen molar-refractivity contribution < 1.29 is 32.6 Å². The Morgan fingerprint density at radius 1 is 0.931 bits per heavy atom. The molecule has 8 heteroatoms. The van der Waals surface area contributed by atoms with Crippen LogP contribution in [0.2, 0.25) is 0 Å². The van der Waals surface area contributed by atoms with Gasteiger partial charge < -0.3 is 15.2 Å². The predicted octanol–water partition coefficient (Wildman–Crippen LogP) is 5.18. The third-order valence-corrected chi connectivity index (χ3v) is 3.95. The Kier molecular flexibility index (Phi) is 5.82. The molecule has 0 atom stereocenters. The van der Waals surface area contributed by atoms with Gasteiger partial charge in [-0.25, -0.2) is 18.0 Å². The maximum absolute atomic E-state index is 13.9. The summed E-state index contributed by atoms with van der Waals surface area (Å²) in [4.78, 5) is 23.5. The Labute approximate surface area is 163 Å². The number of ether oxygens (including phenoxy) is 1. The molecule has 2 N–H and O–H groups in total. The van der Waals surface area contributed by atoms with Gasteiger partial charge in [0.05, 0.1) is 11.1 Å². The maximum atomic E-state index is 13.9. The first-order valence-electron chi connectivity index (χ1n) is 8.34. The van der Waals surface area contributed by atoms with Crippen LogP contribution < -0.4 is 10.1 Å². The van der Waals surface area contributed by atoms with Gasteiger partial charge in [-0.15, -0.1) is 0 Å². The lowest BCUT2D eigenvalue weighted by molar-refractivity contribution is 0.0696. The summed E-state index contributed by atoms with van der Waals surface area (Å²) in [5, 5.41) is 11.5. The lowest BCUT2D eigenvalue weighted by Gasteiger charge is -2.13. The number of anilines is 1. The molecule has 148 valence electrons. The molecule has 0 spiro atoms. The van der Waals surface area contributed by atoms with Gasteiger partial charge in [0.15, 0.2) is 11.6 Å². The van der Waals surface area contributed by atoms with Gasteiger partial charge in [0.2, 0.25) is 0 Å². The van der Waals surface area contributed by atoms with Gasteiger partial charge in [-0.1, -0.05) is 6.07 Å². The molecule has 0 heterocycles. The van der Waals surface area contributed by atoms with Crippen molar-refractivity contribution in [3.05, 3.63) is 89.0 Å². The van der Waals surface area contributed by atoms with Crippen molar-refractivity contribution >= 4 is 17.6 Å². The highest BCUT2D eigenvalue weighted by Crippen LogP contribution is 2.30. The van der Waals surface area contributed by atoms with Crippen LogP contribution in [0, 0.1) is 11.6 Å². The zero-order chi connectivity index (χ0) is 21.0. The molecule has 0 aromatic heterocycles. The number of carboxylic acids is 1. The normalized spacial score (nSPS) is 10.4. The Balaban J connectivity index is 1.89. The quantitative estimate of drug-likeness (QED) is 0.597. The van der Waals surface area contributed by atoms with E-state index in [1.807, 2.05) is 0 Å². The van der Waals surface area contributed by atoms with E-state index in [9.17, 15) is 22.8 Å². The number of halogens is 3. The Hall–Kier alpha value is -3.81. The first-order chi connectivity index (χ1) is 13.9. The Morgan fingerprint density at radius 3 is 2.28 bits per heavy atom. The number of alkyl halides is 1. The van der Waals surface area contributed by atoms with Crippen LogP contribution in [0.4, 0.5) is 18.9 Å². The maximum Gasteiger partial charge on any atom is 0.335 e. The van der Waals surface area contributed by atoms with E-state index in [4.69, 9.17) is 9.84 Å². The lowest BCUT2D eigenvalue weighted by Crippen LogP contribution is -2.13. The van der Waals surface area contributed by atoms with E-state index in [1.54, 1.807) is 0 Å². The SMILES string of the molecule is O=C(O)c1ccc(NC(=O)c2ccc(CF)cc2Oc2ccc(F)cc2F)cc1. The van der Waals surface area contributed by atoms with Crippen LogP contribution in [0.15, 0.2) is 60.7 Å². The molecule has 0 aliphatic heterocycles. The molecule has 0 aliphatic rings. The summed E-state index contributed by atoms with van der Waals surface area (Å²) < 4.78 is 45.4. The molecule has 0 fully saturated rings. The van der Waals surface area contributed by atoms with Crippen molar-refractivity contribution in [1.82, 2.24) is 0 Å². The molecule has 0 saturated carbocycles. The van der Waals surface area contributed by atoms with Gasteiger partial charge in [0.1, 0.15) is 18.2 Å². The summed E-state index contributed by atoms with van der Waals surface area (Å²) in [6.07, 6.45) is 0. The van der Waals surface area contributed by atoms with Crippen molar-refractivity contribution in [2.24, 2.45) is 0 Å². The lowest BCUT2D eigenvalue weighted by atomic mass is 10.1. The number of carbonyl (C=O) groups excluding carboxylic acids is 1. The van der Waals surface area contributed by atoms with Crippen LogP contribution in [0.3, 0.4) is 0 Å². The summed E-state index contributed by atoms with van der Waals surface area (Å²) >= 11 is 0. The number of hydrogen-bond donors (Lipinski definition) is 2. The fourth-order valence-corrected chi connectivity index (χ4v) is 2.49. The van der Waals surface area contributed by atoms with Gasteiger partial charge in [-0.3, -0.25) is 4.79 Å². The second kappa shape index (κ2) is 8.47. The number of amides is 1. The molecular formula is C21H14F3NO4. The minimum Gasteiger partial charge on any atom is -0.478 e. The van der Waals surface area contributed by atoms with Gasteiger partial charge in [0, 0.05) is 11.8 Å². The number of rotatable bonds is 6. The number of aromatic carboxylic acids is 1. The van der Waals surface area contributed by atoms with Gasteiger partial charge in [0.25, 0.3) is 5.91 Å². The number of carboxylic acid groups (broad SMARTS) is 1. The number of carbonyl (C=O) groups is 2. The fourth-order valence-electron chi connectivity index (χ4n) is 2.49. The Morgan fingerprint density at radius 2 is 1.66 bits per heavy atom. The van der Waals surface area contributed by atoms with Crippen LogP contribution in [0.5, 0.6) is 11.5 Å². The molecular weight excluding hydrogens is 387 g/mol. The van der Waals surface area contributed by atoms with Crippen LogP contribution in [-0.4, -0.2) is 17.0 Å². The van der Waals surface area contributed by atoms with Crippen LogP contribution in [0.1, 0.15) is 26.3 Å². The smallest absolute Gasteiger partial charge is 0.335 e. The van der Waals surface area contributed by atoms with E-state index >= 15 is 0 Å². The summed E-state index contributed by atoms with van der Waals surface area (Å²) in [6.45, 7) is -0.833. The number of nitrogens with one attached hydrogen (secondary N) is 1. The second-order valence-corrected chi connectivity index (χ2v) is 5.98. The van der Waals surface area contributed by atoms with E-state index in [-0.39, 0.29) is 28.2 Å². The topological polar surface area (TPSA) is 75.6 Å². The fraction of sp³-hybridized carbons (Fsp3) is 0.0476. The van der Waals surface area contributed by atoms with E-state index in [0.717, 1.165) is 12.1 Å². The first-order valence-corrected chi connectivity index (χ1v) is 8.34. The molecule has 3 aromatic rings. The molecule has 0 bridgehead atoms. The predicted molar refractivity (Wildman–Crippen MR) is 99.0 cm³/mol. The highest BCUT2D eigenvalue weighted by molar-refractivity contribution is 6.06. The molecule has 0 unspecified atom stereocenters. The van der Waals surface area contributed by atoms with E-state index < -0.39 is 30.2 Å².